The van der Waals surface area contributed by atoms with Crippen molar-refractivity contribution in [1.29, 1.82) is 0 Å². The second kappa shape index (κ2) is 5.66. The van der Waals surface area contributed by atoms with E-state index < -0.39 is 6.10 Å². The van der Waals surface area contributed by atoms with Crippen molar-refractivity contribution in [2.75, 3.05) is 0 Å². The number of hydrogen-bond donors (Lipinski definition) is 1. The number of aliphatic hydroxyl groups is 1. The van der Waals surface area contributed by atoms with Crippen molar-refractivity contribution in [3.63, 3.8) is 0 Å². The van der Waals surface area contributed by atoms with Crippen molar-refractivity contribution in [3.8, 4) is 0 Å². The number of halogens is 2. The van der Waals surface area contributed by atoms with Crippen LogP contribution in [0.1, 0.15) is 48.0 Å². The van der Waals surface area contributed by atoms with Gasteiger partial charge in [-0.1, -0.05) is 52.7 Å². The molecule has 20 heavy (non-hydrogen) atoms. The molecule has 1 unspecified atom stereocenters. The van der Waals surface area contributed by atoms with Crippen LogP contribution >= 0.6 is 15.9 Å². The van der Waals surface area contributed by atoms with E-state index in [0.29, 0.717) is 16.0 Å². The molecule has 0 radical (unpaired) electrons. The molecule has 3 heteroatoms. The van der Waals surface area contributed by atoms with Gasteiger partial charge < -0.3 is 5.11 Å². The van der Waals surface area contributed by atoms with Gasteiger partial charge in [0.05, 0.1) is 0 Å². The van der Waals surface area contributed by atoms with Crippen molar-refractivity contribution < 1.29 is 9.50 Å². The molecule has 1 aliphatic rings. The minimum Gasteiger partial charge on any atom is -0.383 e. The zero-order valence-electron chi connectivity index (χ0n) is 11.0. The highest BCUT2D eigenvalue weighted by atomic mass is 79.9. The monoisotopic (exact) mass is 334 g/mol. The van der Waals surface area contributed by atoms with Gasteiger partial charge in [0, 0.05) is 10.0 Å². The lowest BCUT2D eigenvalue weighted by atomic mass is 9.77. The maximum atomic E-state index is 14.0. The summed E-state index contributed by atoms with van der Waals surface area (Å²) in [6.07, 6.45) is 2.62. The Balaban J connectivity index is 2.04. The molecule has 104 valence electrons. The Kier molecular flexibility index (Phi) is 3.90. The molecular weight excluding hydrogens is 319 g/mol. The first-order chi connectivity index (χ1) is 9.68. The zero-order chi connectivity index (χ0) is 14.1. The molecule has 0 aliphatic heterocycles. The van der Waals surface area contributed by atoms with E-state index in [1.54, 1.807) is 12.1 Å². The molecule has 0 bridgehead atoms. The van der Waals surface area contributed by atoms with E-state index in [2.05, 4.69) is 22.0 Å². The highest BCUT2D eigenvalue weighted by Crippen LogP contribution is 2.41. The van der Waals surface area contributed by atoms with E-state index in [9.17, 15) is 9.50 Å². The SMILES string of the molecule is OC(c1ccccc1C1CCC1)c1c(F)cccc1Br. The largest absolute Gasteiger partial charge is 0.383 e. The van der Waals surface area contributed by atoms with Gasteiger partial charge in [-0.05, 0) is 42.0 Å². The third kappa shape index (κ3) is 2.40. The predicted molar refractivity (Wildman–Crippen MR) is 81.2 cm³/mol. The number of benzene rings is 2. The summed E-state index contributed by atoms with van der Waals surface area (Å²) in [7, 11) is 0. The smallest absolute Gasteiger partial charge is 0.130 e. The quantitative estimate of drug-likeness (QED) is 0.843. The summed E-state index contributed by atoms with van der Waals surface area (Å²) in [5.41, 5.74) is 2.30. The highest BCUT2D eigenvalue weighted by molar-refractivity contribution is 9.10. The molecule has 0 aromatic heterocycles. The molecule has 3 rings (SSSR count). The van der Waals surface area contributed by atoms with Crippen molar-refractivity contribution in [2.24, 2.45) is 0 Å². The highest BCUT2D eigenvalue weighted by Gasteiger charge is 2.26. The first-order valence-corrected chi connectivity index (χ1v) is 7.68. The summed E-state index contributed by atoms with van der Waals surface area (Å²) >= 11 is 3.34. The van der Waals surface area contributed by atoms with Crippen LogP contribution in [0.2, 0.25) is 0 Å². The van der Waals surface area contributed by atoms with Gasteiger partial charge in [0.1, 0.15) is 11.9 Å². The van der Waals surface area contributed by atoms with Crippen molar-refractivity contribution in [3.05, 3.63) is 69.4 Å². The van der Waals surface area contributed by atoms with Crippen molar-refractivity contribution in [2.45, 2.75) is 31.3 Å². The van der Waals surface area contributed by atoms with Gasteiger partial charge in [0.25, 0.3) is 0 Å². The average molecular weight is 335 g/mol. The summed E-state index contributed by atoms with van der Waals surface area (Å²) in [4.78, 5) is 0. The maximum absolute atomic E-state index is 14.0. The van der Waals surface area contributed by atoms with E-state index in [-0.39, 0.29) is 5.82 Å². The summed E-state index contributed by atoms with van der Waals surface area (Å²) in [6.45, 7) is 0. The number of hydrogen-bond acceptors (Lipinski definition) is 1. The summed E-state index contributed by atoms with van der Waals surface area (Å²) < 4.78 is 14.6. The molecule has 0 spiro atoms. The van der Waals surface area contributed by atoms with E-state index in [0.717, 1.165) is 24.0 Å². The molecule has 0 amide bonds. The van der Waals surface area contributed by atoms with E-state index in [1.165, 1.54) is 12.5 Å². The molecular formula is C17H16BrFO. The lowest BCUT2D eigenvalue weighted by molar-refractivity contribution is 0.211. The van der Waals surface area contributed by atoms with Crippen LogP contribution in [0.5, 0.6) is 0 Å². The second-order valence-electron chi connectivity index (χ2n) is 5.29. The van der Waals surface area contributed by atoms with Crippen LogP contribution in [0.15, 0.2) is 46.9 Å². The van der Waals surface area contributed by atoms with Crippen LogP contribution in [0, 0.1) is 5.82 Å². The van der Waals surface area contributed by atoms with Crippen molar-refractivity contribution >= 4 is 15.9 Å². The molecule has 1 saturated carbocycles. The topological polar surface area (TPSA) is 20.2 Å². The molecule has 2 aromatic rings. The first-order valence-electron chi connectivity index (χ1n) is 6.89. The number of rotatable bonds is 3. The van der Waals surface area contributed by atoms with Crippen LogP contribution in [0.3, 0.4) is 0 Å². The molecule has 1 atom stereocenters. The van der Waals surface area contributed by atoms with Gasteiger partial charge in [-0.3, -0.25) is 0 Å². The summed E-state index contributed by atoms with van der Waals surface area (Å²) in [5, 5.41) is 10.6. The molecule has 1 N–H and O–H groups in total. The summed E-state index contributed by atoms with van der Waals surface area (Å²) in [6, 6.07) is 12.6. The van der Waals surface area contributed by atoms with Gasteiger partial charge in [-0.15, -0.1) is 0 Å². The fraction of sp³-hybridized carbons (Fsp3) is 0.294. The average Bonchev–Trinajstić information content (AvgIpc) is 2.37. The Bertz CT molecular complexity index is 602. The molecule has 0 heterocycles. The van der Waals surface area contributed by atoms with E-state index in [4.69, 9.17) is 0 Å². The maximum Gasteiger partial charge on any atom is 0.130 e. The predicted octanol–water partition coefficient (Wildman–Crippen LogP) is 4.94. The second-order valence-corrected chi connectivity index (χ2v) is 6.15. The van der Waals surface area contributed by atoms with E-state index >= 15 is 0 Å². The summed E-state index contributed by atoms with van der Waals surface area (Å²) in [5.74, 6) is 0.127. The fourth-order valence-electron chi connectivity index (χ4n) is 2.78. The number of aliphatic hydroxyl groups excluding tert-OH is 1. The molecule has 0 saturated heterocycles. The Labute approximate surface area is 126 Å². The minimum absolute atomic E-state index is 0.319. The van der Waals surface area contributed by atoms with Crippen LogP contribution in [-0.2, 0) is 0 Å². The minimum atomic E-state index is -0.928. The third-order valence-electron chi connectivity index (χ3n) is 4.11. The first kappa shape index (κ1) is 13.8. The zero-order valence-corrected chi connectivity index (χ0v) is 12.6. The Hall–Kier alpha value is -1.19. The Morgan fingerprint density at radius 2 is 1.85 bits per heavy atom. The standard InChI is InChI=1S/C17H16BrFO/c18-14-9-4-10-15(19)16(14)17(20)13-8-2-1-7-12(13)11-5-3-6-11/h1-2,4,7-11,17,20H,3,5-6H2. The van der Waals surface area contributed by atoms with Crippen LogP contribution in [-0.4, -0.2) is 5.11 Å². The molecule has 1 fully saturated rings. The van der Waals surface area contributed by atoms with Crippen LogP contribution in [0.4, 0.5) is 4.39 Å². The molecule has 1 aliphatic carbocycles. The van der Waals surface area contributed by atoms with Crippen molar-refractivity contribution in [1.82, 2.24) is 0 Å². The normalized spacial score (nSPS) is 16.8. The Morgan fingerprint density at radius 1 is 1.10 bits per heavy atom. The third-order valence-corrected chi connectivity index (χ3v) is 4.80. The Morgan fingerprint density at radius 3 is 2.50 bits per heavy atom. The molecule has 1 nitrogen and oxygen atoms in total. The van der Waals surface area contributed by atoms with Gasteiger partial charge in [0.2, 0.25) is 0 Å². The van der Waals surface area contributed by atoms with Gasteiger partial charge >= 0.3 is 0 Å². The van der Waals surface area contributed by atoms with Gasteiger partial charge in [0.15, 0.2) is 0 Å². The van der Waals surface area contributed by atoms with Gasteiger partial charge in [-0.25, -0.2) is 4.39 Å². The lowest BCUT2D eigenvalue weighted by Crippen LogP contribution is -2.14. The van der Waals surface area contributed by atoms with Crippen LogP contribution < -0.4 is 0 Å². The van der Waals surface area contributed by atoms with E-state index in [1.807, 2.05) is 18.2 Å². The van der Waals surface area contributed by atoms with Crippen LogP contribution in [0.25, 0.3) is 0 Å². The fourth-order valence-corrected chi connectivity index (χ4v) is 3.34. The lowest BCUT2D eigenvalue weighted by Gasteiger charge is -2.29. The molecule has 2 aromatic carbocycles. The van der Waals surface area contributed by atoms with Gasteiger partial charge in [-0.2, -0.15) is 0 Å².